The van der Waals surface area contributed by atoms with Gasteiger partial charge in [0, 0.05) is 23.1 Å². The number of allylic oxidation sites excluding steroid dienone is 8. The third-order valence-electron chi connectivity index (χ3n) is 4.91. The summed E-state index contributed by atoms with van der Waals surface area (Å²) in [6.45, 7) is 18.3. The smallest absolute Gasteiger partial charge is 0.120 e. The minimum atomic E-state index is 0.563. The summed E-state index contributed by atoms with van der Waals surface area (Å²) in [4.78, 5) is 9.78. The van der Waals surface area contributed by atoms with Crippen molar-refractivity contribution in [2.45, 2.75) is 68.0 Å². The van der Waals surface area contributed by atoms with Gasteiger partial charge >= 0.3 is 0 Å². The topological polar surface area (TPSA) is 31.2 Å². The summed E-state index contributed by atoms with van der Waals surface area (Å²) in [6.07, 6.45) is 16.4. The molecule has 39 heavy (non-hydrogen) atoms. The number of fused-ring (bicyclic) bond motifs is 1. The van der Waals surface area contributed by atoms with Gasteiger partial charge in [-0.25, -0.2) is 0 Å². The predicted octanol–water partition coefficient (Wildman–Crippen LogP) is 10.4. The van der Waals surface area contributed by atoms with E-state index < -0.39 is 0 Å². The maximum absolute atomic E-state index is 8.81. The molecule has 0 radical (unpaired) electrons. The number of hydrogen-bond donors (Lipinski definition) is 1. The van der Waals surface area contributed by atoms with Gasteiger partial charge in [-0.15, -0.1) is 19.2 Å². The molecule has 3 aromatic rings. The van der Waals surface area contributed by atoms with Crippen molar-refractivity contribution < 1.29 is 9.53 Å². The van der Waals surface area contributed by atoms with E-state index in [0.717, 1.165) is 46.5 Å². The second-order valence-electron chi connectivity index (χ2n) is 8.16. The summed E-state index contributed by atoms with van der Waals surface area (Å²) < 4.78 is 8.38. The first-order valence-electron chi connectivity index (χ1n) is 13.6. The zero-order chi connectivity index (χ0) is 29.5. The molecule has 0 spiro atoms. The lowest BCUT2D eigenvalue weighted by atomic mass is 10.2. The van der Waals surface area contributed by atoms with Crippen molar-refractivity contribution in [3.63, 3.8) is 0 Å². The Labute approximate surface area is 242 Å². The third-order valence-corrected chi connectivity index (χ3v) is 5.04. The zero-order valence-corrected chi connectivity index (χ0v) is 25.7. The van der Waals surface area contributed by atoms with E-state index in [4.69, 9.17) is 9.53 Å². The molecule has 0 amide bonds. The zero-order valence-electron chi connectivity index (χ0n) is 24.9. The van der Waals surface area contributed by atoms with Gasteiger partial charge < -0.3 is 14.1 Å². The highest BCUT2D eigenvalue weighted by atomic mass is 32.1. The van der Waals surface area contributed by atoms with Gasteiger partial charge in [-0.3, -0.25) is 0 Å². The summed E-state index contributed by atoms with van der Waals surface area (Å²) in [5, 5.41) is 1.16. The summed E-state index contributed by atoms with van der Waals surface area (Å²) in [5.41, 5.74) is 4.73. The fraction of sp³-hybridized carbons (Fsp3) is 0.286. The fourth-order valence-corrected chi connectivity index (χ4v) is 3.63. The number of rotatable bonds is 9. The van der Waals surface area contributed by atoms with Crippen molar-refractivity contribution in [2.75, 3.05) is 0 Å². The van der Waals surface area contributed by atoms with Crippen LogP contribution in [0.15, 0.2) is 108 Å². The van der Waals surface area contributed by atoms with Crippen molar-refractivity contribution >= 4 is 35.9 Å². The highest BCUT2D eigenvalue weighted by Crippen LogP contribution is 2.28. The van der Waals surface area contributed by atoms with Gasteiger partial charge in [0.1, 0.15) is 18.6 Å². The van der Waals surface area contributed by atoms with E-state index in [2.05, 4.69) is 110 Å². The molecule has 0 aliphatic carbocycles. The Morgan fingerprint density at radius 2 is 1.69 bits per heavy atom. The second-order valence-corrected chi connectivity index (χ2v) is 8.86. The van der Waals surface area contributed by atoms with E-state index >= 15 is 0 Å². The Kier molecular flexibility index (Phi) is 20.5. The third kappa shape index (κ3) is 14.3. The molecule has 0 atom stereocenters. The van der Waals surface area contributed by atoms with Crippen LogP contribution in [0.25, 0.3) is 17.0 Å². The normalized spacial score (nSPS) is 11.2. The van der Waals surface area contributed by atoms with Crippen LogP contribution in [0.2, 0.25) is 0 Å². The van der Waals surface area contributed by atoms with Crippen LogP contribution in [0.1, 0.15) is 66.1 Å². The summed E-state index contributed by atoms with van der Waals surface area (Å²) in [5.74, 6) is 0.877. The largest absolute Gasteiger partial charge is 0.489 e. The molecule has 0 saturated carbocycles. The van der Waals surface area contributed by atoms with Gasteiger partial charge in [-0.2, -0.15) is 0 Å². The lowest BCUT2D eigenvalue weighted by Gasteiger charge is -2.11. The standard InChI is InChI=1S/C28H31NOS.C3H6.C2H4O.C2H6/c1-4-6-8-12-23(11-5-2)20-29-26(17-22(3)31)18-25-19-27(15-16-28(25)29)30-21-24-13-9-7-10-14-24;1-3-2;1-2-3;1-2/h5-19,31H,4,20-21H2,1-3H3;3H,1H2,2H3;2H,1H3;1-2H3/b8-6+,11-5-,22-17+,23-12+;;;. The quantitative estimate of drug-likeness (QED) is 0.125. The lowest BCUT2D eigenvalue weighted by molar-refractivity contribution is -0.106. The average Bonchev–Trinajstić information content (AvgIpc) is 3.25. The van der Waals surface area contributed by atoms with E-state index in [1.54, 1.807) is 6.08 Å². The molecule has 0 unspecified atom stereocenters. The second kappa shape index (κ2) is 22.5. The number of benzene rings is 2. The Bertz CT molecular complexity index is 1200. The van der Waals surface area contributed by atoms with Crippen molar-refractivity contribution in [2.24, 2.45) is 0 Å². The van der Waals surface area contributed by atoms with Crippen molar-refractivity contribution in [1.82, 2.24) is 4.57 Å². The monoisotopic (exact) mass is 545 g/mol. The highest BCUT2D eigenvalue weighted by molar-refractivity contribution is 7.84. The van der Waals surface area contributed by atoms with E-state index in [1.807, 2.05) is 45.9 Å². The molecule has 4 heteroatoms. The number of aldehydes is 1. The Morgan fingerprint density at radius 3 is 2.26 bits per heavy atom. The first kappa shape index (κ1) is 35.5. The molecule has 0 fully saturated rings. The number of aromatic nitrogens is 1. The molecule has 3 rings (SSSR count). The van der Waals surface area contributed by atoms with E-state index in [9.17, 15) is 0 Å². The summed E-state index contributed by atoms with van der Waals surface area (Å²) in [7, 11) is 0. The molecule has 0 N–H and O–H groups in total. The molecular formula is C35H47NO2S. The molecule has 210 valence electrons. The van der Waals surface area contributed by atoms with Gasteiger partial charge in [0.05, 0.1) is 0 Å². The number of ether oxygens (including phenoxy) is 1. The molecule has 0 saturated heterocycles. The number of hydrogen-bond acceptors (Lipinski definition) is 3. The highest BCUT2D eigenvalue weighted by Gasteiger charge is 2.10. The molecule has 1 heterocycles. The van der Waals surface area contributed by atoms with Crippen LogP contribution in [0.3, 0.4) is 0 Å². The van der Waals surface area contributed by atoms with Crippen LogP contribution >= 0.6 is 12.6 Å². The van der Waals surface area contributed by atoms with Gasteiger partial charge in [0.15, 0.2) is 0 Å². The Hall–Kier alpha value is -3.50. The van der Waals surface area contributed by atoms with Crippen molar-refractivity contribution in [3.05, 3.63) is 119 Å². The predicted molar refractivity (Wildman–Crippen MR) is 177 cm³/mol. The number of carbonyl (C=O) groups is 1. The number of nitrogens with zero attached hydrogens (tertiary/aromatic N) is 1. The molecular weight excluding hydrogens is 498 g/mol. The number of carbonyl (C=O) groups excluding carboxylic acids is 1. The fourth-order valence-electron chi connectivity index (χ4n) is 3.50. The summed E-state index contributed by atoms with van der Waals surface area (Å²) >= 11 is 4.52. The van der Waals surface area contributed by atoms with Crippen LogP contribution in [-0.2, 0) is 17.9 Å². The van der Waals surface area contributed by atoms with Crippen LogP contribution in [0.5, 0.6) is 5.75 Å². The van der Waals surface area contributed by atoms with Crippen LogP contribution < -0.4 is 4.74 Å². The van der Waals surface area contributed by atoms with Crippen molar-refractivity contribution in [1.29, 1.82) is 0 Å². The SMILES string of the molecule is C=CC.CC.CC=O.C\C=C/C(=C\C=C\CC)Cn1c(/C=C(\C)S)cc2cc(OCc3ccccc3)ccc21. The van der Waals surface area contributed by atoms with E-state index in [-0.39, 0.29) is 0 Å². The molecule has 1 aromatic heterocycles. The Balaban J connectivity index is 0.00000162. The molecule has 3 nitrogen and oxygen atoms in total. The van der Waals surface area contributed by atoms with Crippen LogP contribution in [-0.4, -0.2) is 10.9 Å². The van der Waals surface area contributed by atoms with Crippen LogP contribution in [0.4, 0.5) is 0 Å². The molecule has 0 bridgehead atoms. The number of thiol groups is 1. The van der Waals surface area contributed by atoms with E-state index in [0.29, 0.717) is 6.61 Å². The van der Waals surface area contributed by atoms with Gasteiger partial charge in [-0.05, 0) is 80.5 Å². The summed E-state index contributed by atoms with van der Waals surface area (Å²) in [6, 6.07) is 18.8. The maximum Gasteiger partial charge on any atom is 0.120 e. The first-order valence-corrected chi connectivity index (χ1v) is 14.0. The first-order chi connectivity index (χ1) is 18.9. The lowest BCUT2D eigenvalue weighted by Crippen LogP contribution is -2.02. The minimum absolute atomic E-state index is 0.563. The van der Waals surface area contributed by atoms with Gasteiger partial charge in [0.25, 0.3) is 0 Å². The molecule has 2 aromatic carbocycles. The maximum atomic E-state index is 8.81. The van der Waals surface area contributed by atoms with Gasteiger partial charge in [-0.1, -0.05) is 87.6 Å². The van der Waals surface area contributed by atoms with Crippen molar-refractivity contribution in [3.8, 4) is 5.75 Å². The molecule has 0 aliphatic rings. The van der Waals surface area contributed by atoms with E-state index in [1.165, 1.54) is 18.0 Å². The van der Waals surface area contributed by atoms with Gasteiger partial charge in [0.2, 0.25) is 0 Å². The Morgan fingerprint density at radius 1 is 1.05 bits per heavy atom. The van der Waals surface area contributed by atoms with Crippen LogP contribution in [0, 0.1) is 0 Å². The average molecular weight is 546 g/mol. The minimum Gasteiger partial charge on any atom is -0.489 e. The molecule has 0 aliphatic heterocycles.